The van der Waals surface area contributed by atoms with Crippen LogP contribution in [0.3, 0.4) is 0 Å². The van der Waals surface area contributed by atoms with Gasteiger partial charge in [-0.1, -0.05) is 35.9 Å². The van der Waals surface area contributed by atoms with Crippen molar-refractivity contribution in [2.45, 2.75) is 11.6 Å². The molecule has 0 unspecified atom stereocenters. The third-order valence-corrected chi connectivity index (χ3v) is 6.34. The number of carbonyl (C=O) groups is 1. The Hall–Kier alpha value is -2.56. The molecule has 4 rings (SSSR count). The number of carbonyl (C=O) groups excluding carboxylic acids is 1. The fraction of sp³-hybridized carbons (Fsp3) is 0.0667. The Balaban J connectivity index is 1.74. The van der Waals surface area contributed by atoms with Crippen molar-refractivity contribution < 1.29 is 13.2 Å². The van der Waals surface area contributed by atoms with Crippen LogP contribution in [0.4, 0.5) is 0 Å². The van der Waals surface area contributed by atoms with Gasteiger partial charge in [0.1, 0.15) is 11.6 Å². The molecule has 2 aromatic carbocycles. The van der Waals surface area contributed by atoms with Crippen molar-refractivity contribution in [3.63, 3.8) is 0 Å². The third kappa shape index (κ3) is 2.45. The summed E-state index contributed by atoms with van der Waals surface area (Å²) in [5.41, 5.74) is 0.627. The number of amides is 1. The van der Waals surface area contributed by atoms with E-state index in [1.165, 1.54) is 22.9 Å². The molecule has 0 N–H and O–H groups in total. The zero-order chi connectivity index (χ0) is 18.5. The van der Waals surface area contributed by atoms with Crippen molar-refractivity contribution in [3.8, 4) is 5.69 Å². The number of aromatic nitrogens is 4. The Morgan fingerprint density at radius 1 is 1.04 bits per heavy atom. The quantitative estimate of drug-likeness (QED) is 0.618. The molecule has 11 heteroatoms. The summed E-state index contributed by atoms with van der Waals surface area (Å²) in [4.78, 5) is 12.5. The van der Waals surface area contributed by atoms with E-state index in [0.29, 0.717) is 9.99 Å². The number of rotatable bonds is 3. The van der Waals surface area contributed by atoms with Gasteiger partial charge >= 0.3 is 0 Å². The van der Waals surface area contributed by atoms with Crippen molar-refractivity contribution in [1.82, 2.24) is 24.1 Å². The van der Waals surface area contributed by atoms with Gasteiger partial charge in [-0.2, -0.15) is 9.36 Å². The molecule has 132 valence electrons. The highest BCUT2D eigenvalue weighted by molar-refractivity contribution is 7.90. The summed E-state index contributed by atoms with van der Waals surface area (Å²) < 4.78 is 28.7. The Kier molecular flexibility index (Phi) is 3.90. The van der Waals surface area contributed by atoms with Gasteiger partial charge in [-0.15, -0.1) is 0 Å². The van der Waals surface area contributed by atoms with Gasteiger partial charge in [-0.3, -0.25) is 4.79 Å². The van der Waals surface area contributed by atoms with Crippen molar-refractivity contribution in [3.05, 3.63) is 63.9 Å². The molecular formula is C15H10ClN5O3S2. The molecule has 0 spiro atoms. The number of para-hydroxylation sites is 1. The van der Waals surface area contributed by atoms with Crippen LogP contribution in [-0.2, 0) is 16.7 Å². The Morgan fingerprint density at radius 3 is 2.46 bits per heavy atom. The first-order valence-corrected chi connectivity index (χ1v) is 9.58. The van der Waals surface area contributed by atoms with Crippen LogP contribution >= 0.6 is 23.8 Å². The van der Waals surface area contributed by atoms with E-state index in [0.717, 1.165) is 4.68 Å². The summed E-state index contributed by atoms with van der Waals surface area (Å²) in [7, 11) is -4.03. The first kappa shape index (κ1) is 16.9. The molecule has 1 amide bonds. The molecule has 0 saturated heterocycles. The Labute approximate surface area is 158 Å². The first-order chi connectivity index (χ1) is 12.4. The molecule has 2 heterocycles. The molecule has 1 aromatic heterocycles. The van der Waals surface area contributed by atoms with Crippen molar-refractivity contribution in [1.29, 1.82) is 0 Å². The van der Waals surface area contributed by atoms with E-state index in [4.69, 9.17) is 23.8 Å². The van der Waals surface area contributed by atoms with Gasteiger partial charge in [0.05, 0.1) is 16.3 Å². The largest absolute Gasteiger partial charge is 0.272 e. The van der Waals surface area contributed by atoms with Gasteiger partial charge in [0.25, 0.3) is 15.9 Å². The highest BCUT2D eigenvalue weighted by Crippen LogP contribution is 2.34. The number of tetrazole rings is 1. The fourth-order valence-electron chi connectivity index (χ4n) is 2.64. The number of benzene rings is 2. The number of hydrogen-bond acceptors (Lipinski definition) is 6. The molecule has 1 aliphatic heterocycles. The van der Waals surface area contributed by atoms with Crippen LogP contribution < -0.4 is 0 Å². The molecule has 0 radical (unpaired) electrons. The minimum atomic E-state index is -4.03. The molecule has 8 nitrogen and oxygen atoms in total. The molecular weight excluding hydrogens is 398 g/mol. The summed E-state index contributed by atoms with van der Waals surface area (Å²) in [6.07, 6.45) is 0. The average molecular weight is 408 g/mol. The molecule has 0 fully saturated rings. The minimum absolute atomic E-state index is 0.0452. The van der Waals surface area contributed by atoms with Crippen LogP contribution in [0, 0.1) is 4.77 Å². The highest BCUT2D eigenvalue weighted by Gasteiger charge is 2.43. The van der Waals surface area contributed by atoms with Crippen LogP contribution in [0.2, 0.25) is 5.02 Å². The normalized spacial score (nSPS) is 15.3. The highest BCUT2D eigenvalue weighted by atomic mass is 35.5. The van der Waals surface area contributed by atoms with Crippen molar-refractivity contribution in [2.24, 2.45) is 0 Å². The van der Waals surface area contributed by atoms with E-state index in [1.807, 2.05) is 18.2 Å². The van der Waals surface area contributed by atoms with Gasteiger partial charge < -0.3 is 0 Å². The summed E-state index contributed by atoms with van der Waals surface area (Å²) in [6.45, 7) is -0.391. The van der Waals surface area contributed by atoms with Crippen LogP contribution in [0.15, 0.2) is 53.4 Å². The van der Waals surface area contributed by atoms with E-state index in [1.54, 1.807) is 12.1 Å². The molecule has 0 saturated carbocycles. The summed E-state index contributed by atoms with van der Waals surface area (Å²) in [5, 5.41) is 7.89. The lowest BCUT2D eigenvalue weighted by atomic mass is 10.2. The zero-order valence-electron chi connectivity index (χ0n) is 13.0. The van der Waals surface area contributed by atoms with Gasteiger partial charge in [0, 0.05) is 0 Å². The predicted molar refractivity (Wildman–Crippen MR) is 95.0 cm³/mol. The van der Waals surface area contributed by atoms with Crippen LogP contribution in [0.25, 0.3) is 5.69 Å². The van der Waals surface area contributed by atoms with E-state index < -0.39 is 22.6 Å². The topological polar surface area (TPSA) is 90.1 Å². The number of halogens is 1. The van der Waals surface area contributed by atoms with Gasteiger partial charge in [0.15, 0.2) is 0 Å². The molecule has 3 aromatic rings. The minimum Gasteiger partial charge on any atom is -0.268 e. The van der Waals surface area contributed by atoms with Crippen LogP contribution in [-0.4, -0.2) is 38.4 Å². The standard InChI is InChI=1S/C15H10ClN5O3S2/c16-11-7-4-8-12-13(11)14(22)20(26(12,23)24)9-19-15(25)21(18-17-19)10-5-2-1-3-6-10/h1-8H,9H2. The van der Waals surface area contributed by atoms with E-state index in [9.17, 15) is 13.2 Å². The van der Waals surface area contributed by atoms with Gasteiger partial charge in [0.2, 0.25) is 4.77 Å². The van der Waals surface area contributed by atoms with Crippen LogP contribution in [0.1, 0.15) is 10.4 Å². The number of sulfonamides is 1. The lowest BCUT2D eigenvalue weighted by molar-refractivity contribution is 0.0838. The zero-order valence-corrected chi connectivity index (χ0v) is 15.4. The fourth-order valence-corrected chi connectivity index (χ4v) is 4.70. The van der Waals surface area contributed by atoms with E-state index in [-0.39, 0.29) is 20.3 Å². The Morgan fingerprint density at radius 2 is 1.77 bits per heavy atom. The van der Waals surface area contributed by atoms with Crippen molar-refractivity contribution >= 4 is 39.7 Å². The molecule has 0 aliphatic carbocycles. The monoisotopic (exact) mass is 407 g/mol. The summed E-state index contributed by atoms with van der Waals surface area (Å²) >= 11 is 11.3. The second kappa shape index (κ2) is 6.01. The molecule has 1 aliphatic rings. The Bertz CT molecular complexity index is 1190. The van der Waals surface area contributed by atoms with Crippen LogP contribution in [0.5, 0.6) is 0 Å². The van der Waals surface area contributed by atoms with Gasteiger partial charge in [-0.25, -0.2) is 12.7 Å². The number of nitrogens with zero attached hydrogens (tertiary/aromatic N) is 5. The second-order valence-electron chi connectivity index (χ2n) is 5.42. The third-order valence-electron chi connectivity index (χ3n) is 3.89. The predicted octanol–water partition coefficient (Wildman–Crippen LogP) is 2.25. The maximum atomic E-state index is 12.7. The SMILES string of the molecule is O=C1c2c(Cl)cccc2S(=O)(=O)N1Cn1nnn(-c2ccccc2)c1=S. The number of hydrogen-bond donors (Lipinski definition) is 0. The van der Waals surface area contributed by atoms with Gasteiger partial charge in [-0.05, 0) is 46.9 Å². The molecule has 0 bridgehead atoms. The first-order valence-electron chi connectivity index (χ1n) is 7.35. The number of fused-ring (bicyclic) bond motifs is 1. The smallest absolute Gasteiger partial charge is 0.268 e. The van der Waals surface area contributed by atoms with Crippen molar-refractivity contribution in [2.75, 3.05) is 0 Å². The maximum Gasteiger partial charge on any atom is 0.272 e. The average Bonchev–Trinajstić information content (AvgIpc) is 3.08. The summed E-state index contributed by atoms with van der Waals surface area (Å²) in [5.74, 6) is -0.721. The second-order valence-corrected chi connectivity index (χ2v) is 8.02. The maximum absolute atomic E-state index is 12.7. The summed E-state index contributed by atoms with van der Waals surface area (Å²) in [6, 6.07) is 13.3. The lowest BCUT2D eigenvalue weighted by Crippen LogP contribution is -2.32. The lowest BCUT2D eigenvalue weighted by Gasteiger charge is -2.14. The molecule has 0 atom stereocenters. The van der Waals surface area contributed by atoms with E-state index >= 15 is 0 Å². The van der Waals surface area contributed by atoms with E-state index in [2.05, 4.69) is 10.4 Å². The molecule has 26 heavy (non-hydrogen) atoms.